The molecule has 0 radical (unpaired) electrons. The number of rotatable bonds is 5. The highest BCUT2D eigenvalue weighted by Gasteiger charge is 2.09. The summed E-state index contributed by atoms with van der Waals surface area (Å²) in [5, 5.41) is 12.3. The highest BCUT2D eigenvalue weighted by Crippen LogP contribution is 2.13. The first-order valence-electron chi connectivity index (χ1n) is 5.77. The molecular weight excluding hydrogens is 329 g/mol. The fraction of sp³-hybridized carbons (Fsp3) is 0.462. The van der Waals surface area contributed by atoms with Crippen LogP contribution >= 0.6 is 22.6 Å². The zero-order chi connectivity index (χ0) is 12.8. The predicted molar refractivity (Wildman–Crippen MR) is 77.1 cm³/mol. The van der Waals surface area contributed by atoms with Crippen LogP contribution in [0.1, 0.15) is 35.7 Å². The first-order chi connectivity index (χ1) is 8.04. The molecule has 2 N–H and O–H groups in total. The van der Waals surface area contributed by atoms with Gasteiger partial charge in [-0.15, -0.1) is 0 Å². The van der Waals surface area contributed by atoms with Gasteiger partial charge in [0.05, 0.1) is 6.10 Å². The lowest BCUT2D eigenvalue weighted by molar-refractivity contribution is 0.0910. The van der Waals surface area contributed by atoms with E-state index in [0.29, 0.717) is 18.5 Å². The number of aliphatic hydroxyl groups is 1. The molecule has 0 heterocycles. The van der Waals surface area contributed by atoms with Gasteiger partial charge in [0.25, 0.3) is 5.91 Å². The molecule has 1 amide bonds. The number of carbonyl (C=O) groups excluding carboxylic acids is 1. The molecule has 94 valence electrons. The van der Waals surface area contributed by atoms with Crippen LogP contribution in [-0.2, 0) is 0 Å². The van der Waals surface area contributed by atoms with Crippen molar-refractivity contribution in [2.75, 3.05) is 6.54 Å². The third-order valence-corrected chi connectivity index (χ3v) is 3.72. The van der Waals surface area contributed by atoms with Crippen molar-refractivity contribution in [1.82, 2.24) is 5.32 Å². The Kier molecular flexibility index (Phi) is 5.91. The third kappa shape index (κ3) is 4.63. The molecule has 0 aliphatic rings. The Labute approximate surface area is 116 Å². The van der Waals surface area contributed by atoms with Crippen molar-refractivity contribution in [2.45, 2.75) is 32.8 Å². The molecule has 0 aliphatic heterocycles. The van der Waals surface area contributed by atoms with E-state index in [1.807, 2.05) is 26.0 Å². The van der Waals surface area contributed by atoms with E-state index >= 15 is 0 Å². The van der Waals surface area contributed by atoms with Gasteiger partial charge in [-0.25, -0.2) is 0 Å². The van der Waals surface area contributed by atoms with Crippen LogP contribution in [0.4, 0.5) is 0 Å². The number of nitrogens with one attached hydrogen (secondary N) is 1. The summed E-state index contributed by atoms with van der Waals surface area (Å²) < 4.78 is 1.07. The van der Waals surface area contributed by atoms with E-state index in [1.54, 1.807) is 6.07 Å². The lowest BCUT2D eigenvalue weighted by Gasteiger charge is -2.11. The summed E-state index contributed by atoms with van der Waals surface area (Å²) in [6.07, 6.45) is 1.18. The Morgan fingerprint density at radius 2 is 2.24 bits per heavy atom. The topological polar surface area (TPSA) is 49.3 Å². The zero-order valence-corrected chi connectivity index (χ0v) is 12.3. The Morgan fingerprint density at radius 1 is 1.53 bits per heavy atom. The van der Waals surface area contributed by atoms with Gasteiger partial charge in [0.15, 0.2) is 0 Å². The lowest BCUT2D eigenvalue weighted by atomic mass is 10.1. The zero-order valence-electron chi connectivity index (χ0n) is 10.2. The summed E-state index contributed by atoms with van der Waals surface area (Å²) in [5.41, 5.74) is 1.80. The number of hydrogen-bond donors (Lipinski definition) is 2. The van der Waals surface area contributed by atoms with Crippen molar-refractivity contribution in [3.05, 3.63) is 32.9 Å². The van der Waals surface area contributed by atoms with Gasteiger partial charge >= 0.3 is 0 Å². The van der Waals surface area contributed by atoms with E-state index in [2.05, 4.69) is 27.9 Å². The minimum Gasteiger partial charge on any atom is -0.391 e. The minimum absolute atomic E-state index is 0.127. The van der Waals surface area contributed by atoms with Crippen LogP contribution in [0.3, 0.4) is 0 Å². The summed E-state index contributed by atoms with van der Waals surface area (Å²) in [6, 6.07) is 5.59. The van der Waals surface area contributed by atoms with Crippen LogP contribution in [0.15, 0.2) is 18.2 Å². The van der Waals surface area contributed by atoms with E-state index in [1.165, 1.54) is 0 Å². The van der Waals surface area contributed by atoms with Gasteiger partial charge in [-0.05, 0) is 53.6 Å². The van der Waals surface area contributed by atoms with Crippen molar-refractivity contribution in [1.29, 1.82) is 0 Å². The van der Waals surface area contributed by atoms with Crippen LogP contribution in [0.5, 0.6) is 0 Å². The second kappa shape index (κ2) is 6.96. The molecule has 1 rings (SSSR count). The van der Waals surface area contributed by atoms with Crippen LogP contribution in [-0.4, -0.2) is 23.7 Å². The molecule has 0 aromatic heterocycles. The Bertz CT molecular complexity index is 393. The maximum atomic E-state index is 11.8. The molecule has 0 saturated heterocycles. The first kappa shape index (κ1) is 14.4. The maximum absolute atomic E-state index is 11.8. The number of benzene rings is 1. The van der Waals surface area contributed by atoms with Gasteiger partial charge in [0.1, 0.15) is 0 Å². The molecule has 1 aromatic carbocycles. The van der Waals surface area contributed by atoms with Gasteiger partial charge in [-0.1, -0.05) is 19.4 Å². The lowest BCUT2D eigenvalue weighted by Crippen LogP contribution is -2.32. The SMILES string of the molecule is CCCC(O)CNC(=O)c1ccc(C)c(I)c1. The second-order valence-electron chi connectivity index (χ2n) is 4.12. The van der Waals surface area contributed by atoms with E-state index < -0.39 is 6.10 Å². The Morgan fingerprint density at radius 3 is 2.82 bits per heavy atom. The first-order valence-corrected chi connectivity index (χ1v) is 6.85. The summed E-state index contributed by atoms with van der Waals surface area (Å²) in [7, 11) is 0. The smallest absolute Gasteiger partial charge is 0.251 e. The van der Waals surface area contributed by atoms with E-state index in [0.717, 1.165) is 15.6 Å². The number of aliphatic hydroxyl groups excluding tert-OH is 1. The molecule has 3 nitrogen and oxygen atoms in total. The number of aryl methyl sites for hydroxylation is 1. The number of amides is 1. The third-order valence-electron chi connectivity index (χ3n) is 2.55. The van der Waals surface area contributed by atoms with E-state index in [-0.39, 0.29) is 5.91 Å². The number of hydrogen-bond acceptors (Lipinski definition) is 2. The summed E-state index contributed by atoms with van der Waals surface area (Å²) in [6.45, 7) is 4.33. The summed E-state index contributed by atoms with van der Waals surface area (Å²) in [4.78, 5) is 11.8. The average Bonchev–Trinajstić information content (AvgIpc) is 2.30. The molecule has 0 fully saturated rings. The summed E-state index contributed by atoms with van der Waals surface area (Å²) in [5.74, 6) is -0.127. The molecule has 4 heteroatoms. The van der Waals surface area contributed by atoms with Gasteiger partial charge in [-0.3, -0.25) is 4.79 Å². The maximum Gasteiger partial charge on any atom is 0.251 e. The molecule has 0 bridgehead atoms. The largest absolute Gasteiger partial charge is 0.391 e. The van der Waals surface area contributed by atoms with Crippen LogP contribution in [0, 0.1) is 10.5 Å². The van der Waals surface area contributed by atoms with Crippen molar-refractivity contribution in [3.63, 3.8) is 0 Å². The Hall–Kier alpha value is -0.620. The van der Waals surface area contributed by atoms with Gasteiger partial charge < -0.3 is 10.4 Å². The number of halogens is 1. The molecule has 1 atom stereocenters. The van der Waals surface area contributed by atoms with E-state index in [4.69, 9.17) is 0 Å². The standard InChI is InChI=1S/C13H18INO2/c1-3-4-11(16)8-15-13(17)10-6-5-9(2)12(14)7-10/h5-7,11,16H,3-4,8H2,1-2H3,(H,15,17). The summed E-state index contributed by atoms with van der Waals surface area (Å²) >= 11 is 2.21. The monoisotopic (exact) mass is 347 g/mol. The van der Waals surface area contributed by atoms with Crippen molar-refractivity contribution < 1.29 is 9.90 Å². The molecule has 0 spiro atoms. The Balaban J connectivity index is 2.55. The molecule has 0 aliphatic carbocycles. The van der Waals surface area contributed by atoms with Gasteiger partial charge in [0, 0.05) is 15.7 Å². The second-order valence-corrected chi connectivity index (χ2v) is 5.28. The van der Waals surface area contributed by atoms with Gasteiger partial charge in [-0.2, -0.15) is 0 Å². The molecule has 1 unspecified atom stereocenters. The van der Waals surface area contributed by atoms with Crippen LogP contribution < -0.4 is 5.32 Å². The number of carbonyl (C=O) groups is 1. The highest BCUT2D eigenvalue weighted by molar-refractivity contribution is 14.1. The van der Waals surface area contributed by atoms with Crippen LogP contribution in [0.25, 0.3) is 0 Å². The minimum atomic E-state index is -0.450. The van der Waals surface area contributed by atoms with Crippen molar-refractivity contribution in [3.8, 4) is 0 Å². The van der Waals surface area contributed by atoms with Gasteiger partial charge in [0.2, 0.25) is 0 Å². The molecule has 0 saturated carbocycles. The quantitative estimate of drug-likeness (QED) is 0.804. The average molecular weight is 347 g/mol. The fourth-order valence-corrected chi connectivity index (χ4v) is 2.00. The van der Waals surface area contributed by atoms with Crippen molar-refractivity contribution in [2.24, 2.45) is 0 Å². The normalized spacial score (nSPS) is 12.2. The van der Waals surface area contributed by atoms with Crippen molar-refractivity contribution >= 4 is 28.5 Å². The molecule has 1 aromatic rings. The van der Waals surface area contributed by atoms with Crippen LogP contribution in [0.2, 0.25) is 0 Å². The highest BCUT2D eigenvalue weighted by atomic mass is 127. The van der Waals surface area contributed by atoms with E-state index in [9.17, 15) is 9.90 Å². The molecule has 17 heavy (non-hydrogen) atoms. The molecular formula is C13H18INO2. The fourth-order valence-electron chi connectivity index (χ4n) is 1.48. The predicted octanol–water partition coefficient (Wildman–Crippen LogP) is 2.49.